The van der Waals surface area contributed by atoms with E-state index in [4.69, 9.17) is 9.44 Å². The maximum atomic E-state index is 12.3. The third-order valence-electron chi connectivity index (χ3n) is 2.89. The van der Waals surface area contributed by atoms with E-state index in [0.717, 1.165) is 0 Å². The van der Waals surface area contributed by atoms with Crippen LogP contribution in [0.4, 0.5) is 5.69 Å². The first kappa shape index (κ1) is 15.5. The summed E-state index contributed by atoms with van der Waals surface area (Å²) < 4.78 is 29.5. The minimum atomic E-state index is -4.24. The van der Waals surface area contributed by atoms with Gasteiger partial charge in [0.05, 0.1) is 16.6 Å². The number of nitriles is 1. The van der Waals surface area contributed by atoms with Crippen LogP contribution in [0.1, 0.15) is 11.1 Å². The highest BCUT2D eigenvalue weighted by atomic mass is 32.2. The molecule has 0 heterocycles. The third-order valence-corrected chi connectivity index (χ3v) is 4.28. The highest BCUT2D eigenvalue weighted by Gasteiger charge is 2.24. The van der Waals surface area contributed by atoms with Gasteiger partial charge < -0.3 is 4.18 Å². The van der Waals surface area contributed by atoms with Crippen LogP contribution in [0.5, 0.6) is 5.75 Å². The van der Waals surface area contributed by atoms with E-state index < -0.39 is 15.0 Å². The highest BCUT2D eigenvalue weighted by Crippen LogP contribution is 2.27. The van der Waals surface area contributed by atoms with Crippen LogP contribution in [-0.4, -0.2) is 13.3 Å². The first-order chi connectivity index (χ1) is 10.3. The minimum Gasteiger partial charge on any atom is -0.379 e. The van der Waals surface area contributed by atoms with Crippen molar-refractivity contribution in [3.63, 3.8) is 0 Å². The van der Waals surface area contributed by atoms with Gasteiger partial charge in [-0.25, -0.2) is 0 Å². The van der Waals surface area contributed by atoms with E-state index in [1.54, 1.807) is 0 Å². The zero-order valence-electron chi connectivity index (χ0n) is 11.4. The number of nitro benzene ring substituents is 1. The molecule has 0 spiro atoms. The molecule has 0 aliphatic rings. The zero-order chi connectivity index (χ0) is 16.3. The molecule has 2 aromatic rings. The van der Waals surface area contributed by atoms with Crippen molar-refractivity contribution in [3.8, 4) is 11.8 Å². The first-order valence-corrected chi connectivity index (χ1v) is 7.44. The van der Waals surface area contributed by atoms with Crippen LogP contribution in [0.25, 0.3) is 0 Å². The van der Waals surface area contributed by atoms with Crippen LogP contribution in [0.15, 0.2) is 47.4 Å². The van der Waals surface area contributed by atoms with Crippen molar-refractivity contribution in [1.82, 2.24) is 0 Å². The summed E-state index contributed by atoms with van der Waals surface area (Å²) in [4.78, 5) is 9.93. The molecule has 22 heavy (non-hydrogen) atoms. The molecule has 0 aliphatic heterocycles. The SMILES string of the molecule is Cc1c([N+](=O)[O-])cccc1S(=O)(=O)Oc1cccc(C#N)c1. The fourth-order valence-corrected chi connectivity index (χ4v) is 3.03. The number of nitro groups is 1. The van der Waals surface area contributed by atoms with E-state index in [0.29, 0.717) is 0 Å². The highest BCUT2D eigenvalue weighted by molar-refractivity contribution is 7.87. The summed E-state index contributed by atoms with van der Waals surface area (Å²) in [5, 5.41) is 19.7. The molecule has 7 nitrogen and oxygen atoms in total. The Kier molecular flexibility index (Phi) is 4.10. The Hall–Kier alpha value is -2.92. The summed E-state index contributed by atoms with van der Waals surface area (Å²) >= 11 is 0. The summed E-state index contributed by atoms with van der Waals surface area (Å²) in [7, 11) is -4.24. The summed E-state index contributed by atoms with van der Waals surface area (Å²) in [5.41, 5.74) is -0.0807. The molecule has 0 amide bonds. The van der Waals surface area contributed by atoms with Gasteiger partial charge in [-0.2, -0.15) is 13.7 Å². The molecule has 0 N–H and O–H groups in total. The van der Waals surface area contributed by atoms with Crippen molar-refractivity contribution in [2.75, 3.05) is 0 Å². The quantitative estimate of drug-likeness (QED) is 0.486. The maximum absolute atomic E-state index is 12.3. The molecule has 2 aromatic carbocycles. The van der Waals surface area contributed by atoms with Gasteiger partial charge in [0.15, 0.2) is 0 Å². The summed E-state index contributed by atoms with van der Waals surface area (Å²) in [5.74, 6) is -0.0371. The van der Waals surface area contributed by atoms with Crippen molar-refractivity contribution < 1.29 is 17.5 Å². The molecule has 0 aliphatic carbocycles. The maximum Gasteiger partial charge on any atom is 0.339 e. The molecule has 0 unspecified atom stereocenters. The van der Waals surface area contributed by atoms with Crippen molar-refractivity contribution in [1.29, 1.82) is 5.26 Å². The second-order valence-corrected chi connectivity index (χ2v) is 5.85. The van der Waals surface area contributed by atoms with Gasteiger partial charge in [-0.3, -0.25) is 10.1 Å². The van der Waals surface area contributed by atoms with Crippen molar-refractivity contribution in [3.05, 3.63) is 63.7 Å². The minimum absolute atomic E-state index is 0.0102. The zero-order valence-corrected chi connectivity index (χ0v) is 12.2. The second kappa shape index (κ2) is 5.83. The van der Waals surface area contributed by atoms with E-state index in [2.05, 4.69) is 0 Å². The van der Waals surface area contributed by atoms with Gasteiger partial charge >= 0.3 is 10.1 Å². The predicted octanol–water partition coefficient (Wildman–Crippen LogP) is 2.54. The lowest BCUT2D eigenvalue weighted by molar-refractivity contribution is -0.385. The number of hydrogen-bond acceptors (Lipinski definition) is 6. The lowest BCUT2D eigenvalue weighted by Gasteiger charge is -2.09. The molecule has 0 bridgehead atoms. The largest absolute Gasteiger partial charge is 0.379 e. The van der Waals surface area contributed by atoms with Crippen LogP contribution in [0, 0.1) is 28.4 Å². The average molecular weight is 318 g/mol. The third kappa shape index (κ3) is 3.05. The fraction of sp³-hybridized carbons (Fsp3) is 0.0714. The molecule has 0 saturated heterocycles. The molecular weight excluding hydrogens is 308 g/mol. The van der Waals surface area contributed by atoms with Crippen LogP contribution in [0.3, 0.4) is 0 Å². The molecular formula is C14H10N2O5S. The lowest BCUT2D eigenvalue weighted by Crippen LogP contribution is -2.12. The van der Waals surface area contributed by atoms with Crippen LogP contribution in [-0.2, 0) is 10.1 Å². The van der Waals surface area contributed by atoms with Crippen molar-refractivity contribution in [2.24, 2.45) is 0 Å². The van der Waals surface area contributed by atoms with Gasteiger partial charge in [-0.15, -0.1) is 0 Å². The Morgan fingerprint density at radius 1 is 1.23 bits per heavy atom. The average Bonchev–Trinajstić information content (AvgIpc) is 2.46. The van der Waals surface area contributed by atoms with Gasteiger partial charge in [0.25, 0.3) is 5.69 Å². The number of nitrogens with zero attached hydrogens (tertiary/aromatic N) is 2. The van der Waals surface area contributed by atoms with E-state index in [1.807, 2.05) is 6.07 Å². The number of hydrogen-bond donors (Lipinski definition) is 0. The van der Waals surface area contributed by atoms with Gasteiger partial charge in [-0.05, 0) is 31.2 Å². The molecule has 0 saturated carbocycles. The lowest BCUT2D eigenvalue weighted by atomic mass is 10.2. The molecule has 0 aromatic heterocycles. The number of benzene rings is 2. The molecule has 8 heteroatoms. The molecule has 112 valence electrons. The summed E-state index contributed by atoms with van der Waals surface area (Å²) in [6.07, 6.45) is 0. The molecule has 2 rings (SSSR count). The Morgan fingerprint density at radius 2 is 1.91 bits per heavy atom. The normalized spacial score (nSPS) is 10.7. The van der Waals surface area contributed by atoms with Crippen LogP contribution < -0.4 is 4.18 Å². The van der Waals surface area contributed by atoms with E-state index >= 15 is 0 Å². The molecule has 0 fully saturated rings. The summed E-state index contributed by atoms with van der Waals surface area (Å²) in [6, 6.07) is 11.2. The van der Waals surface area contributed by atoms with Crippen molar-refractivity contribution in [2.45, 2.75) is 11.8 Å². The molecule has 0 atom stereocenters. The van der Waals surface area contributed by atoms with E-state index in [9.17, 15) is 18.5 Å². The van der Waals surface area contributed by atoms with Crippen molar-refractivity contribution >= 4 is 15.8 Å². The van der Waals surface area contributed by atoms with E-state index in [-0.39, 0.29) is 27.5 Å². The molecule has 0 radical (unpaired) electrons. The standard InChI is InChI=1S/C14H10N2O5S/c1-10-13(16(17)18)6-3-7-14(10)22(19,20)21-12-5-2-4-11(8-12)9-15/h2-8H,1H3. The summed E-state index contributed by atoms with van der Waals surface area (Å²) in [6.45, 7) is 1.33. The Morgan fingerprint density at radius 3 is 2.55 bits per heavy atom. The van der Waals surface area contributed by atoms with Crippen LogP contribution in [0.2, 0.25) is 0 Å². The van der Waals surface area contributed by atoms with Gasteiger partial charge in [0.2, 0.25) is 0 Å². The van der Waals surface area contributed by atoms with Gasteiger partial charge in [0.1, 0.15) is 10.6 Å². The number of rotatable bonds is 4. The Balaban J connectivity index is 2.45. The second-order valence-electron chi connectivity index (χ2n) is 4.33. The van der Waals surface area contributed by atoms with Gasteiger partial charge in [0, 0.05) is 11.6 Å². The first-order valence-electron chi connectivity index (χ1n) is 6.04. The van der Waals surface area contributed by atoms with E-state index in [1.165, 1.54) is 49.4 Å². The Labute approximate surface area is 126 Å². The fourth-order valence-electron chi connectivity index (χ4n) is 1.86. The monoisotopic (exact) mass is 318 g/mol. The predicted molar refractivity (Wildman–Crippen MR) is 76.8 cm³/mol. The van der Waals surface area contributed by atoms with Crippen LogP contribution >= 0.6 is 0 Å². The smallest absolute Gasteiger partial charge is 0.339 e. The topological polar surface area (TPSA) is 110 Å². The Bertz CT molecular complexity index is 884. The van der Waals surface area contributed by atoms with Gasteiger partial charge in [-0.1, -0.05) is 12.1 Å².